The number of carbonyl (C=O) groups is 1. The molecule has 1 fully saturated rings. The fraction of sp³-hybridized carbons (Fsp3) is 0.500. The summed E-state index contributed by atoms with van der Waals surface area (Å²) in [7, 11) is 0. The molecule has 0 radical (unpaired) electrons. The van der Waals surface area contributed by atoms with Crippen LogP contribution in [0.1, 0.15) is 12.5 Å². The molecule has 1 aliphatic rings. The maximum Gasteiger partial charge on any atom is 0.238 e. The van der Waals surface area contributed by atoms with Crippen molar-refractivity contribution in [2.75, 3.05) is 19.6 Å². The Morgan fingerprint density at radius 1 is 1.39 bits per heavy atom. The molecule has 1 amide bonds. The molecule has 1 aromatic carbocycles. The first-order chi connectivity index (χ1) is 8.70. The van der Waals surface area contributed by atoms with E-state index in [4.69, 9.17) is 5.73 Å². The van der Waals surface area contributed by atoms with E-state index in [1.807, 2.05) is 25.1 Å². The van der Waals surface area contributed by atoms with Crippen molar-refractivity contribution in [2.45, 2.75) is 25.4 Å². The van der Waals surface area contributed by atoms with Crippen LogP contribution in [0.15, 0.2) is 30.3 Å². The molecule has 0 bridgehead atoms. The maximum absolute atomic E-state index is 11.8. The Kier molecular flexibility index (Phi) is 4.33. The summed E-state index contributed by atoms with van der Waals surface area (Å²) in [5.74, 6) is 0.0595. The first-order valence-corrected chi connectivity index (χ1v) is 6.49. The number of piperazine rings is 1. The Morgan fingerprint density at radius 2 is 2.11 bits per heavy atom. The zero-order valence-corrected chi connectivity index (χ0v) is 10.8. The largest absolute Gasteiger partial charge is 0.351 e. The van der Waals surface area contributed by atoms with Gasteiger partial charge >= 0.3 is 0 Å². The average Bonchev–Trinajstić information content (AvgIpc) is 2.37. The third kappa shape index (κ3) is 3.09. The molecule has 0 spiro atoms. The Labute approximate surface area is 108 Å². The van der Waals surface area contributed by atoms with Crippen LogP contribution in [-0.2, 0) is 11.2 Å². The summed E-state index contributed by atoms with van der Waals surface area (Å²) in [6.07, 6.45) is 0.956. The number of hydrogen-bond acceptors (Lipinski definition) is 3. The lowest BCUT2D eigenvalue weighted by Crippen LogP contribution is -2.61. The van der Waals surface area contributed by atoms with Gasteiger partial charge in [0.05, 0.1) is 0 Å². The van der Waals surface area contributed by atoms with E-state index in [0.29, 0.717) is 6.54 Å². The van der Waals surface area contributed by atoms with Crippen LogP contribution in [0, 0.1) is 0 Å². The molecule has 1 aromatic rings. The second kappa shape index (κ2) is 5.98. The summed E-state index contributed by atoms with van der Waals surface area (Å²) >= 11 is 0. The van der Waals surface area contributed by atoms with Crippen molar-refractivity contribution < 1.29 is 4.79 Å². The van der Waals surface area contributed by atoms with E-state index in [2.05, 4.69) is 22.3 Å². The van der Waals surface area contributed by atoms with Crippen molar-refractivity contribution in [1.29, 1.82) is 0 Å². The second-order valence-electron chi connectivity index (χ2n) is 4.89. The van der Waals surface area contributed by atoms with Gasteiger partial charge in [0.15, 0.2) is 0 Å². The fourth-order valence-corrected chi connectivity index (χ4v) is 2.45. The Hall–Kier alpha value is -1.39. The van der Waals surface area contributed by atoms with Gasteiger partial charge in [-0.15, -0.1) is 0 Å². The number of nitrogens with one attached hydrogen (secondary N) is 1. The molecule has 1 heterocycles. The standard InChI is InChI=1S/C14H21N3O/c1-11-10-17(13(9-15)14(18)16-11)8-7-12-5-3-2-4-6-12/h2-6,11,13H,7-10,15H2,1H3,(H,16,18). The van der Waals surface area contributed by atoms with E-state index >= 15 is 0 Å². The number of amides is 1. The lowest BCUT2D eigenvalue weighted by molar-refractivity contribution is -0.130. The highest BCUT2D eigenvalue weighted by Gasteiger charge is 2.31. The quantitative estimate of drug-likeness (QED) is 0.808. The van der Waals surface area contributed by atoms with E-state index in [1.165, 1.54) is 5.56 Å². The summed E-state index contributed by atoms with van der Waals surface area (Å²) in [5, 5.41) is 2.95. The molecule has 4 heteroatoms. The number of hydrogen-bond donors (Lipinski definition) is 2. The van der Waals surface area contributed by atoms with Crippen LogP contribution in [0.25, 0.3) is 0 Å². The van der Waals surface area contributed by atoms with Gasteiger partial charge in [0.1, 0.15) is 6.04 Å². The van der Waals surface area contributed by atoms with Gasteiger partial charge in [-0.2, -0.15) is 0 Å². The molecule has 2 rings (SSSR count). The van der Waals surface area contributed by atoms with Gasteiger partial charge in [-0.25, -0.2) is 0 Å². The van der Waals surface area contributed by atoms with E-state index in [9.17, 15) is 4.79 Å². The third-order valence-electron chi connectivity index (χ3n) is 3.39. The predicted molar refractivity (Wildman–Crippen MR) is 72.2 cm³/mol. The van der Waals surface area contributed by atoms with E-state index in [0.717, 1.165) is 19.5 Å². The number of carbonyl (C=O) groups excluding carboxylic acids is 1. The molecule has 0 saturated carbocycles. The lowest BCUT2D eigenvalue weighted by Gasteiger charge is -2.37. The number of nitrogens with zero attached hydrogens (tertiary/aromatic N) is 1. The van der Waals surface area contributed by atoms with Crippen molar-refractivity contribution in [2.24, 2.45) is 5.73 Å². The number of benzene rings is 1. The minimum absolute atomic E-state index is 0.0595. The summed E-state index contributed by atoms with van der Waals surface area (Å²) < 4.78 is 0. The van der Waals surface area contributed by atoms with E-state index in [1.54, 1.807) is 0 Å². The molecular weight excluding hydrogens is 226 g/mol. The molecule has 2 atom stereocenters. The van der Waals surface area contributed by atoms with Crippen LogP contribution >= 0.6 is 0 Å². The highest BCUT2D eigenvalue weighted by molar-refractivity contribution is 5.83. The van der Waals surface area contributed by atoms with E-state index in [-0.39, 0.29) is 18.0 Å². The minimum atomic E-state index is -0.176. The molecule has 18 heavy (non-hydrogen) atoms. The fourth-order valence-electron chi connectivity index (χ4n) is 2.45. The van der Waals surface area contributed by atoms with Gasteiger partial charge in [0.25, 0.3) is 0 Å². The highest BCUT2D eigenvalue weighted by atomic mass is 16.2. The van der Waals surface area contributed by atoms with Gasteiger partial charge in [-0.1, -0.05) is 30.3 Å². The van der Waals surface area contributed by atoms with Gasteiger partial charge < -0.3 is 11.1 Å². The van der Waals surface area contributed by atoms with Crippen molar-refractivity contribution in [1.82, 2.24) is 10.2 Å². The van der Waals surface area contributed by atoms with Crippen LogP contribution in [0.5, 0.6) is 0 Å². The van der Waals surface area contributed by atoms with Crippen LogP contribution in [0.4, 0.5) is 0 Å². The Morgan fingerprint density at radius 3 is 2.78 bits per heavy atom. The molecular formula is C14H21N3O. The van der Waals surface area contributed by atoms with Crippen molar-refractivity contribution in [3.8, 4) is 0 Å². The summed E-state index contributed by atoms with van der Waals surface area (Å²) in [6.45, 7) is 4.16. The van der Waals surface area contributed by atoms with Crippen molar-refractivity contribution in [3.05, 3.63) is 35.9 Å². The Balaban J connectivity index is 1.96. The third-order valence-corrected chi connectivity index (χ3v) is 3.39. The Bertz CT molecular complexity index is 393. The maximum atomic E-state index is 11.8. The predicted octanol–water partition coefficient (Wildman–Crippen LogP) is 0.377. The van der Waals surface area contributed by atoms with Crippen LogP contribution in [0.2, 0.25) is 0 Å². The first-order valence-electron chi connectivity index (χ1n) is 6.49. The highest BCUT2D eigenvalue weighted by Crippen LogP contribution is 2.09. The lowest BCUT2D eigenvalue weighted by atomic mass is 10.1. The van der Waals surface area contributed by atoms with Gasteiger partial charge in [0.2, 0.25) is 5.91 Å². The smallest absolute Gasteiger partial charge is 0.238 e. The normalized spacial score (nSPS) is 24.9. The van der Waals surface area contributed by atoms with Gasteiger partial charge in [-0.05, 0) is 18.9 Å². The monoisotopic (exact) mass is 247 g/mol. The summed E-state index contributed by atoms with van der Waals surface area (Å²) in [6, 6.07) is 10.4. The second-order valence-corrected chi connectivity index (χ2v) is 4.89. The molecule has 0 aromatic heterocycles. The topological polar surface area (TPSA) is 58.4 Å². The van der Waals surface area contributed by atoms with Crippen LogP contribution in [-0.4, -0.2) is 42.5 Å². The van der Waals surface area contributed by atoms with Crippen molar-refractivity contribution >= 4 is 5.91 Å². The summed E-state index contributed by atoms with van der Waals surface area (Å²) in [5.41, 5.74) is 6.99. The molecule has 98 valence electrons. The van der Waals surface area contributed by atoms with Crippen LogP contribution < -0.4 is 11.1 Å². The molecule has 0 aliphatic carbocycles. The molecule has 3 N–H and O–H groups in total. The molecule has 2 unspecified atom stereocenters. The zero-order valence-electron chi connectivity index (χ0n) is 10.8. The summed E-state index contributed by atoms with van der Waals surface area (Å²) in [4.78, 5) is 14.0. The molecule has 4 nitrogen and oxygen atoms in total. The van der Waals surface area contributed by atoms with Crippen molar-refractivity contribution in [3.63, 3.8) is 0 Å². The molecule has 1 saturated heterocycles. The zero-order chi connectivity index (χ0) is 13.0. The van der Waals surface area contributed by atoms with Gasteiger partial charge in [0, 0.05) is 25.7 Å². The number of nitrogens with two attached hydrogens (primary N) is 1. The van der Waals surface area contributed by atoms with Crippen LogP contribution in [0.3, 0.4) is 0 Å². The first kappa shape index (κ1) is 13.1. The van der Waals surface area contributed by atoms with E-state index < -0.39 is 0 Å². The minimum Gasteiger partial charge on any atom is -0.351 e. The molecule has 1 aliphatic heterocycles. The number of rotatable bonds is 4. The average molecular weight is 247 g/mol. The SMILES string of the molecule is CC1CN(CCc2ccccc2)C(CN)C(=O)N1. The van der Waals surface area contributed by atoms with Gasteiger partial charge in [-0.3, -0.25) is 9.69 Å².